The molecule has 0 bridgehead atoms. The lowest BCUT2D eigenvalue weighted by atomic mass is 10.0. The third-order valence-electron chi connectivity index (χ3n) is 2.59. The van der Waals surface area contributed by atoms with Gasteiger partial charge >= 0.3 is 0 Å². The van der Waals surface area contributed by atoms with Crippen molar-refractivity contribution in [2.45, 2.75) is 19.4 Å². The first-order chi connectivity index (χ1) is 8.20. The molecule has 2 aliphatic rings. The number of rotatable bonds is 5. The van der Waals surface area contributed by atoms with Gasteiger partial charge in [0.05, 0.1) is 0 Å². The highest BCUT2D eigenvalue weighted by Gasteiger charge is 2.27. The number of carbonyl (C=O) groups excluding carboxylic acids is 1. The molecule has 0 fully saturated rings. The standard InChI is InChI=1S/C12H14INO3/c1-8(15)12-7-9-6-10(16-5-4-14-13)2-3-11(9)17-12/h2,6-7,11,14H,3-5H2,1H3. The fraction of sp³-hybridized carbons (Fsp3) is 0.417. The van der Waals surface area contributed by atoms with Gasteiger partial charge in [0.1, 0.15) is 18.5 Å². The number of ether oxygens (including phenoxy) is 2. The van der Waals surface area contributed by atoms with Gasteiger partial charge in [0.2, 0.25) is 0 Å². The van der Waals surface area contributed by atoms with Crippen molar-refractivity contribution in [1.29, 1.82) is 0 Å². The third kappa shape index (κ3) is 3.10. The summed E-state index contributed by atoms with van der Waals surface area (Å²) in [6.07, 6.45) is 6.49. The van der Waals surface area contributed by atoms with Crippen molar-refractivity contribution in [3.8, 4) is 0 Å². The number of Topliss-reactive ketones (excluding diaryl/α,β-unsaturated/α-hetero) is 1. The molecule has 0 amide bonds. The Morgan fingerprint density at radius 2 is 2.47 bits per heavy atom. The Balaban J connectivity index is 1.99. The second kappa shape index (κ2) is 5.68. The van der Waals surface area contributed by atoms with Crippen molar-refractivity contribution >= 4 is 28.6 Å². The average Bonchev–Trinajstić information content (AvgIpc) is 2.72. The van der Waals surface area contributed by atoms with Crippen LogP contribution < -0.4 is 3.53 Å². The van der Waals surface area contributed by atoms with Crippen LogP contribution in [0.3, 0.4) is 0 Å². The van der Waals surface area contributed by atoms with Gasteiger partial charge in [-0.3, -0.25) is 8.32 Å². The zero-order valence-electron chi connectivity index (χ0n) is 9.53. The van der Waals surface area contributed by atoms with Gasteiger partial charge in [-0.25, -0.2) is 0 Å². The van der Waals surface area contributed by atoms with Crippen LogP contribution in [0.5, 0.6) is 0 Å². The number of hydrogen-bond acceptors (Lipinski definition) is 4. The molecule has 1 aliphatic carbocycles. The van der Waals surface area contributed by atoms with Crippen molar-refractivity contribution in [1.82, 2.24) is 3.53 Å². The molecule has 1 atom stereocenters. The number of ketones is 1. The second-order valence-corrected chi connectivity index (χ2v) is 4.65. The van der Waals surface area contributed by atoms with Gasteiger partial charge in [-0.2, -0.15) is 0 Å². The minimum absolute atomic E-state index is 0.0102. The van der Waals surface area contributed by atoms with Crippen LogP contribution in [0.15, 0.2) is 35.3 Å². The van der Waals surface area contributed by atoms with Crippen LogP contribution in [0.25, 0.3) is 0 Å². The molecule has 1 aliphatic heterocycles. The van der Waals surface area contributed by atoms with Crippen LogP contribution in [0.1, 0.15) is 13.3 Å². The predicted octanol–water partition coefficient (Wildman–Crippen LogP) is 2.03. The summed E-state index contributed by atoms with van der Waals surface area (Å²) in [5, 5.41) is 0. The minimum atomic E-state index is -0.0307. The normalized spacial score (nSPS) is 22.0. The number of nitrogens with one attached hydrogen (secondary N) is 1. The quantitative estimate of drug-likeness (QED) is 0.470. The highest BCUT2D eigenvalue weighted by molar-refractivity contribution is 14.1. The van der Waals surface area contributed by atoms with Gasteiger partial charge in [-0.05, 0) is 18.2 Å². The molecule has 0 saturated carbocycles. The zero-order chi connectivity index (χ0) is 12.3. The van der Waals surface area contributed by atoms with E-state index in [1.165, 1.54) is 6.92 Å². The first-order valence-electron chi connectivity index (χ1n) is 5.48. The Kier molecular flexibility index (Phi) is 4.22. The van der Waals surface area contributed by atoms with E-state index in [-0.39, 0.29) is 11.9 Å². The zero-order valence-corrected chi connectivity index (χ0v) is 11.7. The largest absolute Gasteiger partial charge is 0.493 e. The molecule has 0 saturated heterocycles. The summed E-state index contributed by atoms with van der Waals surface area (Å²) in [5.74, 6) is 1.27. The van der Waals surface area contributed by atoms with E-state index in [0.717, 1.165) is 24.3 Å². The van der Waals surface area contributed by atoms with Gasteiger partial charge in [0, 0.05) is 48.3 Å². The van der Waals surface area contributed by atoms with Crippen molar-refractivity contribution in [3.05, 3.63) is 35.3 Å². The molecule has 2 rings (SSSR count). The topological polar surface area (TPSA) is 47.6 Å². The average molecular weight is 347 g/mol. The highest BCUT2D eigenvalue weighted by Crippen LogP contribution is 2.30. The number of fused-ring (bicyclic) bond motifs is 1. The van der Waals surface area contributed by atoms with Crippen LogP contribution in [-0.4, -0.2) is 25.0 Å². The van der Waals surface area contributed by atoms with E-state index >= 15 is 0 Å². The lowest BCUT2D eigenvalue weighted by Crippen LogP contribution is -2.14. The molecule has 4 nitrogen and oxygen atoms in total. The molecule has 0 aromatic carbocycles. The number of halogens is 1. The molecule has 1 N–H and O–H groups in total. The third-order valence-corrected chi connectivity index (χ3v) is 3.13. The van der Waals surface area contributed by atoms with E-state index in [4.69, 9.17) is 9.47 Å². The van der Waals surface area contributed by atoms with Gasteiger partial charge in [0.15, 0.2) is 11.5 Å². The molecule has 0 aromatic heterocycles. The van der Waals surface area contributed by atoms with Crippen LogP contribution in [-0.2, 0) is 14.3 Å². The molecular weight excluding hydrogens is 333 g/mol. The smallest absolute Gasteiger partial charge is 0.194 e. The Hall–Kier alpha value is -0.820. The van der Waals surface area contributed by atoms with E-state index in [9.17, 15) is 4.79 Å². The van der Waals surface area contributed by atoms with E-state index < -0.39 is 0 Å². The van der Waals surface area contributed by atoms with E-state index in [1.54, 1.807) is 6.08 Å². The maximum atomic E-state index is 11.2. The summed E-state index contributed by atoms with van der Waals surface area (Å²) in [6, 6.07) is 0. The van der Waals surface area contributed by atoms with Crippen LogP contribution in [0, 0.1) is 0 Å². The van der Waals surface area contributed by atoms with E-state index in [1.807, 2.05) is 12.2 Å². The fourth-order valence-corrected chi connectivity index (χ4v) is 1.98. The fourth-order valence-electron chi connectivity index (χ4n) is 1.76. The van der Waals surface area contributed by atoms with Gasteiger partial charge in [-0.15, -0.1) is 0 Å². The monoisotopic (exact) mass is 347 g/mol. The second-order valence-electron chi connectivity index (χ2n) is 3.89. The summed E-state index contributed by atoms with van der Waals surface area (Å²) in [5.41, 5.74) is 1.02. The first kappa shape index (κ1) is 12.6. The molecule has 92 valence electrons. The minimum Gasteiger partial charge on any atom is -0.493 e. The predicted molar refractivity (Wildman–Crippen MR) is 72.4 cm³/mol. The van der Waals surface area contributed by atoms with Gasteiger partial charge < -0.3 is 9.47 Å². The lowest BCUT2D eigenvalue weighted by molar-refractivity contribution is -0.117. The molecule has 0 spiro atoms. The van der Waals surface area contributed by atoms with Crippen molar-refractivity contribution in [3.63, 3.8) is 0 Å². The number of allylic oxidation sites excluding steroid dienone is 2. The van der Waals surface area contributed by atoms with Gasteiger partial charge in [0.25, 0.3) is 0 Å². The lowest BCUT2D eigenvalue weighted by Gasteiger charge is -2.17. The molecule has 17 heavy (non-hydrogen) atoms. The summed E-state index contributed by atoms with van der Waals surface area (Å²) in [6.45, 7) is 2.95. The molecule has 0 radical (unpaired) electrons. The highest BCUT2D eigenvalue weighted by atomic mass is 127. The van der Waals surface area contributed by atoms with Gasteiger partial charge in [-0.1, -0.05) is 0 Å². The summed E-state index contributed by atoms with van der Waals surface area (Å²) in [7, 11) is 0. The Morgan fingerprint density at radius 1 is 1.65 bits per heavy atom. The van der Waals surface area contributed by atoms with Crippen molar-refractivity contribution in [2.24, 2.45) is 0 Å². The van der Waals surface area contributed by atoms with Crippen molar-refractivity contribution in [2.75, 3.05) is 13.2 Å². The van der Waals surface area contributed by atoms with Crippen LogP contribution >= 0.6 is 22.9 Å². The molecule has 1 unspecified atom stereocenters. The summed E-state index contributed by atoms with van der Waals surface area (Å²) < 4.78 is 14.1. The first-order valence-corrected chi connectivity index (χ1v) is 6.56. The van der Waals surface area contributed by atoms with E-state index in [2.05, 4.69) is 26.4 Å². The number of hydrogen-bond donors (Lipinski definition) is 1. The molecule has 0 aromatic rings. The Labute approximate surface area is 114 Å². The maximum Gasteiger partial charge on any atom is 0.194 e. The maximum absolute atomic E-state index is 11.2. The Bertz CT molecular complexity index is 412. The Morgan fingerprint density at radius 3 is 3.18 bits per heavy atom. The van der Waals surface area contributed by atoms with Crippen LogP contribution in [0.2, 0.25) is 0 Å². The molecular formula is C12H14INO3. The van der Waals surface area contributed by atoms with Crippen molar-refractivity contribution < 1.29 is 14.3 Å². The summed E-state index contributed by atoms with van der Waals surface area (Å²) in [4.78, 5) is 11.2. The van der Waals surface area contributed by atoms with Crippen LogP contribution in [0.4, 0.5) is 0 Å². The molecule has 1 heterocycles. The van der Waals surface area contributed by atoms with E-state index in [0.29, 0.717) is 12.4 Å². The SMILES string of the molecule is CC(=O)C1=CC2=CC(OCCNI)=CCC2O1. The molecule has 5 heteroatoms. The number of carbonyl (C=O) groups is 1. The summed E-state index contributed by atoms with van der Waals surface area (Å²) >= 11 is 2.08.